The van der Waals surface area contributed by atoms with Crippen molar-refractivity contribution in [3.05, 3.63) is 144 Å². The van der Waals surface area contributed by atoms with E-state index in [-0.39, 0.29) is 31.0 Å². The minimum absolute atomic E-state index is 0.184. The minimum atomic E-state index is -4.66. The molecule has 0 amide bonds. The quantitative estimate of drug-likeness (QED) is 0.135. The van der Waals surface area contributed by atoms with Crippen LogP contribution >= 0.6 is 7.82 Å². The second-order valence-electron chi connectivity index (χ2n) is 9.64. The molecule has 0 saturated carbocycles. The van der Waals surface area contributed by atoms with Gasteiger partial charge in [0.1, 0.15) is 36.2 Å². The molecule has 0 fully saturated rings. The van der Waals surface area contributed by atoms with Gasteiger partial charge in [-0.1, -0.05) is 73.7 Å². The monoisotopic (exact) mass is 609 g/mol. The summed E-state index contributed by atoms with van der Waals surface area (Å²) < 4.78 is 79.1. The summed E-state index contributed by atoms with van der Waals surface area (Å²) in [5, 5.41) is 4.12. The molecule has 0 spiro atoms. The van der Waals surface area contributed by atoms with Crippen molar-refractivity contribution in [2.24, 2.45) is 0 Å². The van der Waals surface area contributed by atoms with Gasteiger partial charge in [0.25, 0.3) is 0 Å². The number of nitrogens with zero attached hydrogens (tertiary/aromatic N) is 5. The van der Waals surface area contributed by atoms with E-state index in [1.54, 1.807) is 48.5 Å². The van der Waals surface area contributed by atoms with Crippen LogP contribution in [-0.2, 0) is 43.5 Å². The van der Waals surface area contributed by atoms with Crippen molar-refractivity contribution in [3.8, 4) is 0 Å². The van der Waals surface area contributed by atoms with Crippen LogP contribution in [0.4, 0.5) is 13.2 Å². The van der Waals surface area contributed by atoms with Crippen LogP contribution in [0.1, 0.15) is 35.2 Å². The van der Waals surface area contributed by atoms with Gasteiger partial charge in [-0.3, -0.25) is 13.6 Å². The first-order valence-electron chi connectivity index (χ1n) is 13.2. The van der Waals surface area contributed by atoms with Gasteiger partial charge in [-0.05, 0) is 17.2 Å². The van der Waals surface area contributed by atoms with Gasteiger partial charge in [-0.2, -0.15) is 5.10 Å². The number of phosphoric acid groups is 1. The van der Waals surface area contributed by atoms with Crippen LogP contribution in [0.3, 0.4) is 0 Å². The summed E-state index contributed by atoms with van der Waals surface area (Å²) in [5.74, 6) is -3.91. The molecule has 222 valence electrons. The molecule has 0 bridgehead atoms. The van der Waals surface area contributed by atoms with Crippen molar-refractivity contribution in [2.75, 3.05) is 0 Å². The fraction of sp³-hybridized carbons (Fsp3) is 0.200. The van der Waals surface area contributed by atoms with Crippen LogP contribution in [0.15, 0.2) is 104 Å². The standard InChI is InChI=1S/C30H27F3N5O4P/c1-22(29-28(33)15-34-19-36-29)30(18-38-21-35-20-37-38,26-13-12-25(31)14-27(26)32)42-43(39,40-16-23-8-4-2-5-9-23)41-17-24-10-6-3-7-11-24/h2-15,19-22H,16-18H2,1H3/t22-,30+/m0/s1. The molecular formula is C30H27F3N5O4P. The van der Waals surface area contributed by atoms with Gasteiger partial charge >= 0.3 is 7.82 Å². The molecule has 0 saturated heterocycles. The molecule has 0 radical (unpaired) electrons. The largest absolute Gasteiger partial charge is 0.476 e. The van der Waals surface area contributed by atoms with E-state index in [0.29, 0.717) is 17.2 Å². The lowest BCUT2D eigenvalue weighted by molar-refractivity contribution is -0.0328. The van der Waals surface area contributed by atoms with E-state index < -0.39 is 36.8 Å². The van der Waals surface area contributed by atoms with Crippen LogP contribution in [0, 0.1) is 17.5 Å². The Kier molecular flexibility index (Phi) is 9.42. The van der Waals surface area contributed by atoms with Crippen LogP contribution in [0.2, 0.25) is 0 Å². The summed E-state index contributed by atoms with van der Waals surface area (Å²) in [6, 6.07) is 20.5. The van der Waals surface area contributed by atoms with Gasteiger partial charge < -0.3 is 0 Å². The molecule has 43 heavy (non-hydrogen) atoms. The molecule has 13 heteroatoms. The molecule has 0 unspecified atom stereocenters. The lowest BCUT2D eigenvalue weighted by atomic mass is 9.79. The Morgan fingerprint density at radius 2 is 1.51 bits per heavy atom. The summed E-state index contributed by atoms with van der Waals surface area (Å²) in [7, 11) is -4.66. The zero-order valence-electron chi connectivity index (χ0n) is 23.0. The molecule has 0 aliphatic carbocycles. The van der Waals surface area contributed by atoms with Gasteiger partial charge in [-0.15, -0.1) is 0 Å². The Morgan fingerprint density at radius 1 is 0.860 bits per heavy atom. The van der Waals surface area contributed by atoms with Crippen molar-refractivity contribution >= 4 is 7.82 Å². The zero-order valence-corrected chi connectivity index (χ0v) is 23.9. The highest BCUT2D eigenvalue weighted by molar-refractivity contribution is 7.48. The second kappa shape index (κ2) is 13.4. The maximum Gasteiger partial charge on any atom is 0.476 e. The first-order chi connectivity index (χ1) is 20.8. The summed E-state index contributed by atoms with van der Waals surface area (Å²) in [6.45, 7) is 0.736. The van der Waals surface area contributed by atoms with Crippen LogP contribution in [-0.4, -0.2) is 24.7 Å². The van der Waals surface area contributed by atoms with Gasteiger partial charge in [-0.25, -0.2) is 37.4 Å². The number of hydrogen-bond donors (Lipinski definition) is 0. The number of halogens is 3. The molecule has 3 aromatic carbocycles. The highest BCUT2D eigenvalue weighted by atomic mass is 31.2. The lowest BCUT2D eigenvalue weighted by Crippen LogP contribution is -2.41. The lowest BCUT2D eigenvalue weighted by Gasteiger charge is -2.40. The molecule has 0 aliphatic heterocycles. The molecule has 9 nitrogen and oxygen atoms in total. The van der Waals surface area contributed by atoms with Crippen molar-refractivity contribution in [3.63, 3.8) is 0 Å². The van der Waals surface area contributed by atoms with Crippen LogP contribution in [0.5, 0.6) is 0 Å². The Bertz CT molecular complexity index is 1630. The maximum absolute atomic E-state index is 15.8. The Morgan fingerprint density at radius 3 is 2.07 bits per heavy atom. The van der Waals surface area contributed by atoms with Gasteiger partial charge in [0.05, 0.1) is 31.6 Å². The van der Waals surface area contributed by atoms with Crippen LogP contribution < -0.4 is 0 Å². The second-order valence-corrected chi connectivity index (χ2v) is 11.2. The number of phosphoric ester groups is 1. The highest BCUT2D eigenvalue weighted by Crippen LogP contribution is 2.60. The highest BCUT2D eigenvalue weighted by Gasteiger charge is 2.51. The third-order valence-corrected chi connectivity index (χ3v) is 8.24. The first kappa shape index (κ1) is 30.2. The average molecular weight is 610 g/mol. The SMILES string of the molecule is C[C@@H](c1ncncc1F)[C@@](Cn1cncn1)(OP(=O)(OCc1ccccc1)OCc1ccccc1)c1ccc(F)cc1F. The van der Waals surface area contributed by atoms with Crippen molar-refractivity contribution in [1.82, 2.24) is 24.7 Å². The average Bonchev–Trinajstić information content (AvgIpc) is 3.53. The molecule has 2 aromatic heterocycles. The first-order valence-corrected chi connectivity index (χ1v) is 14.6. The molecular weight excluding hydrogens is 582 g/mol. The minimum Gasteiger partial charge on any atom is -0.282 e. The zero-order chi connectivity index (χ0) is 30.3. The van der Waals surface area contributed by atoms with E-state index in [1.807, 2.05) is 12.1 Å². The third-order valence-electron chi connectivity index (χ3n) is 6.80. The molecule has 5 rings (SSSR count). The Labute approximate surface area is 246 Å². The molecule has 2 heterocycles. The smallest absolute Gasteiger partial charge is 0.282 e. The fourth-order valence-corrected chi connectivity index (χ4v) is 6.11. The number of rotatable bonds is 13. The van der Waals surface area contributed by atoms with Crippen molar-refractivity contribution in [2.45, 2.75) is 38.2 Å². The van der Waals surface area contributed by atoms with Crippen molar-refractivity contribution in [1.29, 1.82) is 0 Å². The van der Waals surface area contributed by atoms with Gasteiger partial charge in [0, 0.05) is 17.5 Å². The topological polar surface area (TPSA) is 101 Å². The predicted octanol–water partition coefficient (Wildman–Crippen LogP) is 6.74. The normalized spacial score (nSPS) is 13.9. The van der Waals surface area contributed by atoms with E-state index in [2.05, 4.69) is 20.1 Å². The molecule has 5 aromatic rings. The van der Waals surface area contributed by atoms with E-state index in [9.17, 15) is 8.96 Å². The van der Waals surface area contributed by atoms with Crippen LogP contribution in [0.25, 0.3) is 0 Å². The Hall–Kier alpha value is -4.22. The molecule has 0 N–H and O–H groups in total. The predicted molar refractivity (Wildman–Crippen MR) is 150 cm³/mol. The maximum atomic E-state index is 15.8. The fourth-order valence-electron chi connectivity index (χ4n) is 4.61. The van der Waals surface area contributed by atoms with Gasteiger partial charge in [0.15, 0.2) is 5.82 Å². The summed E-state index contributed by atoms with van der Waals surface area (Å²) in [6.07, 6.45) is 4.62. The summed E-state index contributed by atoms with van der Waals surface area (Å²) in [5.41, 5.74) is -1.24. The van der Waals surface area contributed by atoms with Gasteiger partial charge in [0.2, 0.25) is 0 Å². The molecule has 2 atom stereocenters. The van der Waals surface area contributed by atoms with Crippen molar-refractivity contribution < 1.29 is 31.3 Å². The molecule has 0 aliphatic rings. The Balaban J connectivity index is 1.66. The number of benzene rings is 3. The summed E-state index contributed by atoms with van der Waals surface area (Å²) >= 11 is 0. The van der Waals surface area contributed by atoms with E-state index in [0.717, 1.165) is 24.7 Å². The van der Waals surface area contributed by atoms with E-state index >= 15 is 8.78 Å². The number of aromatic nitrogens is 5. The third kappa shape index (κ3) is 7.23. The van der Waals surface area contributed by atoms with E-state index in [1.165, 1.54) is 24.3 Å². The summed E-state index contributed by atoms with van der Waals surface area (Å²) in [4.78, 5) is 11.7. The van der Waals surface area contributed by atoms with E-state index in [4.69, 9.17) is 13.6 Å². The number of hydrogen-bond acceptors (Lipinski definition) is 8.